The second-order valence-corrected chi connectivity index (χ2v) is 7.11. The number of hydrogen-bond acceptors (Lipinski definition) is 6. The Bertz CT molecular complexity index is 788. The van der Waals surface area contributed by atoms with Crippen LogP contribution in [-0.4, -0.2) is 37.3 Å². The van der Waals surface area contributed by atoms with Gasteiger partial charge in [-0.2, -0.15) is 0 Å². The lowest BCUT2D eigenvalue weighted by Crippen LogP contribution is -2.41. The molecule has 0 atom stereocenters. The minimum atomic E-state index is 0.199. The number of carbonyl (C=O) groups excluding carboxylic acids is 1. The number of aryl methyl sites for hydroxylation is 1. The van der Waals surface area contributed by atoms with Crippen LogP contribution in [0.4, 0.5) is 11.6 Å². The Morgan fingerprint density at radius 3 is 2.81 bits per heavy atom. The summed E-state index contributed by atoms with van der Waals surface area (Å²) in [5.41, 5.74) is 2.02. The van der Waals surface area contributed by atoms with E-state index in [1.807, 2.05) is 11.8 Å². The molecule has 0 spiro atoms. The van der Waals surface area contributed by atoms with E-state index in [0.29, 0.717) is 24.1 Å². The van der Waals surface area contributed by atoms with Gasteiger partial charge in [0.25, 0.3) is 0 Å². The molecular formula is C19H24N6O. The van der Waals surface area contributed by atoms with Crippen LogP contribution in [0.2, 0.25) is 0 Å². The maximum atomic E-state index is 12.9. The fourth-order valence-electron chi connectivity index (χ4n) is 3.94. The average Bonchev–Trinajstić information content (AvgIpc) is 2.68. The minimum Gasteiger partial charge on any atom is -0.336 e. The zero-order chi connectivity index (χ0) is 17.9. The summed E-state index contributed by atoms with van der Waals surface area (Å²) >= 11 is 0. The van der Waals surface area contributed by atoms with Crippen molar-refractivity contribution in [2.24, 2.45) is 5.92 Å². The summed E-state index contributed by atoms with van der Waals surface area (Å²) in [6.07, 6.45) is 11.4. The Hall–Kier alpha value is -2.57. The first-order valence-electron chi connectivity index (χ1n) is 9.39. The topological polar surface area (TPSA) is 83.9 Å². The number of rotatable bonds is 3. The lowest BCUT2D eigenvalue weighted by atomic mass is 9.87. The van der Waals surface area contributed by atoms with Crippen molar-refractivity contribution in [2.75, 3.05) is 11.9 Å². The van der Waals surface area contributed by atoms with Gasteiger partial charge in [0, 0.05) is 30.4 Å². The fraction of sp³-hybridized carbons (Fsp3) is 0.526. The van der Waals surface area contributed by atoms with Crippen LogP contribution >= 0.6 is 0 Å². The highest BCUT2D eigenvalue weighted by Gasteiger charge is 2.30. The van der Waals surface area contributed by atoms with Crippen molar-refractivity contribution in [1.82, 2.24) is 24.8 Å². The van der Waals surface area contributed by atoms with E-state index < -0.39 is 0 Å². The van der Waals surface area contributed by atoms with Gasteiger partial charge in [-0.3, -0.25) is 9.78 Å². The third-order valence-electron chi connectivity index (χ3n) is 5.25. The molecule has 0 bridgehead atoms. The second kappa shape index (κ2) is 7.35. The molecule has 2 aromatic rings. The highest BCUT2D eigenvalue weighted by molar-refractivity contribution is 5.79. The Labute approximate surface area is 153 Å². The van der Waals surface area contributed by atoms with Gasteiger partial charge in [-0.05, 0) is 26.2 Å². The largest absolute Gasteiger partial charge is 0.336 e. The first kappa shape index (κ1) is 16.9. The molecule has 0 aromatic carbocycles. The van der Waals surface area contributed by atoms with E-state index in [-0.39, 0.29) is 5.92 Å². The average molecular weight is 352 g/mol. The molecule has 7 heteroatoms. The molecular weight excluding hydrogens is 328 g/mol. The predicted octanol–water partition coefficient (Wildman–Crippen LogP) is 2.78. The molecule has 0 unspecified atom stereocenters. The number of aromatic nitrogens is 4. The van der Waals surface area contributed by atoms with Crippen molar-refractivity contribution in [2.45, 2.75) is 52.0 Å². The third kappa shape index (κ3) is 3.52. The van der Waals surface area contributed by atoms with E-state index in [4.69, 9.17) is 0 Å². The van der Waals surface area contributed by atoms with Crippen LogP contribution in [0, 0.1) is 12.8 Å². The molecule has 1 saturated carbocycles. The molecule has 1 fully saturated rings. The van der Waals surface area contributed by atoms with Gasteiger partial charge < -0.3 is 10.2 Å². The number of nitrogens with zero attached hydrogens (tertiary/aromatic N) is 5. The number of anilines is 2. The van der Waals surface area contributed by atoms with Gasteiger partial charge in [0.1, 0.15) is 17.5 Å². The van der Waals surface area contributed by atoms with Crippen molar-refractivity contribution in [3.05, 3.63) is 35.7 Å². The van der Waals surface area contributed by atoms with Crippen LogP contribution in [-0.2, 0) is 17.8 Å². The van der Waals surface area contributed by atoms with Gasteiger partial charge in [0.2, 0.25) is 5.91 Å². The number of amides is 1. The summed E-state index contributed by atoms with van der Waals surface area (Å²) in [6.45, 7) is 3.18. The Morgan fingerprint density at radius 2 is 2.04 bits per heavy atom. The monoisotopic (exact) mass is 352 g/mol. The summed E-state index contributed by atoms with van der Waals surface area (Å²) in [7, 11) is 0. The Morgan fingerprint density at radius 1 is 1.19 bits per heavy atom. The van der Waals surface area contributed by atoms with Crippen molar-refractivity contribution >= 4 is 17.5 Å². The fourth-order valence-corrected chi connectivity index (χ4v) is 3.94. The van der Waals surface area contributed by atoms with Gasteiger partial charge in [-0.1, -0.05) is 19.3 Å². The quantitative estimate of drug-likeness (QED) is 0.914. The Kier molecular flexibility index (Phi) is 4.77. The van der Waals surface area contributed by atoms with Gasteiger partial charge in [0.05, 0.1) is 18.4 Å². The van der Waals surface area contributed by atoms with E-state index >= 15 is 0 Å². The van der Waals surface area contributed by atoms with Crippen molar-refractivity contribution in [1.29, 1.82) is 0 Å². The highest BCUT2D eigenvalue weighted by atomic mass is 16.2. The normalized spacial score (nSPS) is 17.7. The van der Waals surface area contributed by atoms with E-state index in [2.05, 4.69) is 25.3 Å². The SMILES string of the molecule is Cc1nc2c(c(Nc3cnccn3)n1)CCN(C(=O)C1CCCCC1)C2. The zero-order valence-electron chi connectivity index (χ0n) is 15.1. The van der Waals surface area contributed by atoms with Crippen LogP contribution in [0.3, 0.4) is 0 Å². The standard InChI is InChI=1S/C19H24N6O/c1-13-22-16-12-25(19(26)14-5-3-2-4-6-14)10-7-15(16)18(23-13)24-17-11-20-8-9-21-17/h8-9,11,14H,2-7,10,12H2,1H3,(H,21,22,23,24). The summed E-state index contributed by atoms with van der Waals surface area (Å²) in [5.74, 6) is 2.63. The minimum absolute atomic E-state index is 0.199. The molecule has 0 saturated heterocycles. The second-order valence-electron chi connectivity index (χ2n) is 7.11. The van der Waals surface area contributed by atoms with E-state index in [0.717, 1.165) is 42.9 Å². The summed E-state index contributed by atoms with van der Waals surface area (Å²) in [6, 6.07) is 0. The number of carbonyl (C=O) groups is 1. The molecule has 7 nitrogen and oxygen atoms in total. The van der Waals surface area contributed by atoms with Crippen molar-refractivity contribution in [3.63, 3.8) is 0 Å². The lowest BCUT2D eigenvalue weighted by Gasteiger charge is -2.33. The third-order valence-corrected chi connectivity index (χ3v) is 5.25. The van der Waals surface area contributed by atoms with Crippen LogP contribution in [0.5, 0.6) is 0 Å². The van der Waals surface area contributed by atoms with Crippen LogP contribution in [0.25, 0.3) is 0 Å². The summed E-state index contributed by atoms with van der Waals surface area (Å²) < 4.78 is 0. The van der Waals surface area contributed by atoms with Crippen molar-refractivity contribution < 1.29 is 4.79 Å². The molecule has 1 amide bonds. The first-order valence-corrected chi connectivity index (χ1v) is 9.39. The maximum absolute atomic E-state index is 12.9. The number of hydrogen-bond donors (Lipinski definition) is 1. The lowest BCUT2D eigenvalue weighted by molar-refractivity contribution is -0.137. The molecule has 1 aliphatic carbocycles. The first-order chi connectivity index (χ1) is 12.7. The molecule has 2 aromatic heterocycles. The highest BCUT2D eigenvalue weighted by Crippen LogP contribution is 2.29. The van der Waals surface area contributed by atoms with Gasteiger partial charge in [-0.25, -0.2) is 15.0 Å². The molecule has 1 N–H and O–H groups in total. The van der Waals surface area contributed by atoms with E-state index in [1.54, 1.807) is 18.6 Å². The summed E-state index contributed by atoms with van der Waals surface area (Å²) in [5, 5.41) is 3.25. The van der Waals surface area contributed by atoms with Crippen LogP contribution < -0.4 is 5.32 Å². The molecule has 1 aliphatic heterocycles. The van der Waals surface area contributed by atoms with Gasteiger partial charge >= 0.3 is 0 Å². The maximum Gasteiger partial charge on any atom is 0.226 e. The van der Waals surface area contributed by atoms with Crippen LogP contribution in [0.15, 0.2) is 18.6 Å². The number of nitrogens with one attached hydrogen (secondary N) is 1. The van der Waals surface area contributed by atoms with Crippen molar-refractivity contribution in [3.8, 4) is 0 Å². The van der Waals surface area contributed by atoms with Crippen LogP contribution in [0.1, 0.15) is 49.2 Å². The zero-order valence-corrected chi connectivity index (χ0v) is 15.1. The molecule has 0 radical (unpaired) electrons. The predicted molar refractivity (Wildman–Crippen MR) is 97.8 cm³/mol. The molecule has 136 valence electrons. The molecule has 26 heavy (non-hydrogen) atoms. The Balaban J connectivity index is 1.54. The van der Waals surface area contributed by atoms with Gasteiger partial charge in [0.15, 0.2) is 0 Å². The molecule has 2 aliphatic rings. The summed E-state index contributed by atoms with van der Waals surface area (Å²) in [4.78, 5) is 32.4. The molecule has 3 heterocycles. The van der Waals surface area contributed by atoms with E-state index in [9.17, 15) is 4.79 Å². The van der Waals surface area contributed by atoms with E-state index in [1.165, 1.54) is 19.3 Å². The number of fused-ring (bicyclic) bond motifs is 1. The van der Waals surface area contributed by atoms with Gasteiger partial charge in [-0.15, -0.1) is 0 Å². The molecule has 4 rings (SSSR count). The smallest absolute Gasteiger partial charge is 0.226 e.